The number of aliphatic hydroxyl groups is 1. The molecule has 1 aromatic carbocycles. The number of hydrogen-bond donors (Lipinski definition) is 2. The van der Waals surface area contributed by atoms with Crippen LogP contribution in [0.4, 0.5) is 0 Å². The highest BCUT2D eigenvalue weighted by atomic mass is 16.5. The first-order valence-electron chi connectivity index (χ1n) is 7.85. The van der Waals surface area contributed by atoms with Crippen LogP contribution in [-0.4, -0.2) is 23.2 Å². The molecule has 0 aliphatic heterocycles. The van der Waals surface area contributed by atoms with Crippen molar-refractivity contribution in [3.63, 3.8) is 0 Å². The normalized spacial score (nSPS) is 16.9. The van der Waals surface area contributed by atoms with Crippen molar-refractivity contribution < 1.29 is 14.6 Å². The van der Waals surface area contributed by atoms with Crippen LogP contribution in [0, 0.1) is 0 Å². The predicted molar refractivity (Wildman–Crippen MR) is 81.6 cm³/mol. The Bertz CT molecular complexity index is 455. The van der Waals surface area contributed by atoms with Gasteiger partial charge in [-0.2, -0.15) is 0 Å². The Morgan fingerprint density at radius 1 is 1.33 bits per heavy atom. The Balaban J connectivity index is 1.86. The molecule has 0 spiro atoms. The van der Waals surface area contributed by atoms with E-state index in [1.807, 2.05) is 31.2 Å². The van der Waals surface area contributed by atoms with Crippen LogP contribution in [0.2, 0.25) is 0 Å². The number of aliphatic hydroxyl groups excluding tert-OH is 1. The van der Waals surface area contributed by atoms with Crippen molar-refractivity contribution in [1.29, 1.82) is 0 Å². The van der Waals surface area contributed by atoms with Crippen molar-refractivity contribution in [3.05, 3.63) is 35.4 Å². The van der Waals surface area contributed by atoms with Crippen molar-refractivity contribution >= 4 is 5.91 Å². The van der Waals surface area contributed by atoms with Crippen LogP contribution < -0.4 is 5.32 Å². The molecule has 2 N–H and O–H groups in total. The second kappa shape index (κ2) is 8.15. The van der Waals surface area contributed by atoms with E-state index in [-0.39, 0.29) is 24.7 Å². The monoisotopic (exact) mass is 291 g/mol. The van der Waals surface area contributed by atoms with Crippen molar-refractivity contribution in [3.8, 4) is 0 Å². The predicted octanol–water partition coefficient (Wildman–Crippen LogP) is 2.53. The summed E-state index contributed by atoms with van der Waals surface area (Å²) in [5.41, 5.74) is 1.80. The molecule has 0 heterocycles. The summed E-state index contributed by atoms with van der Waals surface area (Å²) in [5.74, 6) is -0.0582. The Morgan fingerprint density at radius 2 is 2.00 bits per heavy atom. The van der Waals surface area contributed by atoms with Gasteiger partial charge in [0.05, 0.1) is 12.7 Å². The molecular formula is C17H25NO3. The first-order chi connectivity index (χ1) is 10.2. The minimum Gasteiger partial charge on any atom is -0.392 e. The van der Waals surface area contributed by atoms with Gasteiger partial charge in [0.1, 0.15) is 6.10 Å². The first-order valence-corrected chi connectivity index (χ1v) is 7.85. The summed E-state index contributed by atoms with van der Waals surface area (Å²) in [6.07, 6.45) is 5.09. The minimum atomic E-state index is -0.366. The van der Waals surface area contributed by atoms with Gasteiger partial charge in [-0.25, -0.2) is 0 Å². The molecule has 4 heteroatoms. The summed E-state index contributed by atoms with van der Waals surface area (Å²) in [7, 11) is 0. The van der Waals surface area contributed by atoms with E-state index in [9.17, 15) is 9.90 Å². The average Bonchev–Trinajstić information content (AvgIpc) is 3.03. The van der Waals surface area contributed by atoms with E-state index in [1.54, 1.807) is 0 Å². The molecule has 0 saturated heterocycles. The molecule has 0 bridgehead atoms. The second-order valence-electron chi connectivity index (χ2n) is 5.58. The van der Waals surface area contributed by atoms with Crippen LogP contribution in [0.25, 0.3) is 0 Å². The topological polar surface area (TPSA) is 58.6 Å². The van der Waals surface area contributed by atoms with Gasteiger partial charge in [0.15, 0.2) is 0 Å². The smallest absolute Gasteiger partial charge is 0.249 e. The van der Waals surface area contributed by atoms with Gasteiger partial charge in [-0.15, -0.1) is 0 Å². The Labute approximate surface area is 126 Å². The highest BCUT2D eigenvalue weighted by molar-refractivity contribution is 5.80. The van der Waals surface area contributed by atoms with Crippen molar-refractivity contribution in [1.82, 2.24) is 5.32 Å². The fraction of sp³-hybridized carbons (Fsp3) is 0.588. The number of carbonyl (C=O) groups is 1. The summed E-state index contributed by atoms with van der Waals surface area (Å²) >= 11 is 0. The first kappa shape index (κ1) is 16.0. The Hall–Kier alpha value is -1.39. The summed E-state index contributed by atoms with van der Waals surface area (Å²) in [5, 5.41) is 12.2. The number of ether oxygens (including phenoxy) is 1. The van der Waals surface area contributed by atoms with E-state index in [0.29, 0.717) is 13.0 Å². The number of rotatable bonds is 7. The van der Waals surface area contributed by atoms with E-state index in [0.717, 1.165) is 24.0 Å². The van der Waals surface area contributed by atoms with Crippen LogP contribution >= 0.6 is 0 Å². The largest absolute Gasteiger partial charge is 0.392 e. The minimum absolute atomic E-state index is 0.0121. The zero-order chi connectivity index (χ0) is 15.1. The fourth-order valence-corrected chi connectivity index (χ4v) is 2.78. The van der Waals surface area contributed by atoms with E-state index >= 15 is 0 Å². The summed E-state index contributed by atoms with van der Waals surface area (Å²) in [6.45, 7) is 2.39. The Kier molecular flexibility index (Phi) is 6.21. The number of benzene rings is 1. The average molecular weight is 291 g/mol. The molecule has 1 aliphatic rings. The standard InChI is InChI=1S/C17H25NO3/c1-2-16(21-15-9-5-6-10-15)17(20)18-11-13-7-3-4-8-14(13)12-19/h3-4,7-8,15-16,19H,2,5-6,9-12H2,1H3,(H,18,20). The quantitative estimate of drug-likeness (QED) is 0.811. The Morgan fingerprint density at radius 3 is 2.62 bits per heavy atom. The van der Waals surface area contributed by atoms with Crippen LogP contribution in [0.15, 0.2) is 24.3 Å². The molecule has 1 unspecified atom stereocenters. The molecule has 116 valence electrons. The van der Waals surface area contributed by atoms with E-state index in [2.05, 4.69) is 5.32 Å². The SMILES string of the molecule is CCC(OC1CCCC1)C(=O)NCc1ccccc1CO. The van der Waals surface area contributed by atoms with Crippen molar-refractivity contribution in [2.24, 2.45) is 0 Å². The number of carbonyl (C=O) groups excluding carboxylic acids is 1. The molecule has 1 saturated carbocycles. The van der Waals surface area contributed by atoms with Gasteiger partial charge in [-0.3, -0.25) is 4.79 Å². The number of amides is 1. The molecule has 1 fully saturated rings. The summed E-state index contributed by atoms with van der Waals surface area (Å²) < 4.78 is 5.91. The maximum absolute atomic E-state index is 12.2. The van der Waals surface area contributed by atoms with Gasteiger partial charge in [0.25, 0.3) is 0 Å². The third-order valence-corrected chi connectivity index (χ3v) is 4.06. The van der Waals surface area contributed by atoms with Gasteiger partial charge >= 0.3 is 0 Å². The molecule has 4 nitrogen and oxygen atoms in total. The molecule has 0 aromatic heterocycles. The third-order valence-electron chi connectivity index (χ3n) is 4.06. The van der Waals surface area contributed by atoms with E-state index < -0.39 is 0 Å². The molecule has 0 radical (unpaired) electrons. The third kappa shape index (κ3) is 4.55. The van der Waals surface area contributed by atoms with Crippen LogP contribution in [0.3, 0.4) is 0 Å². The lowest BCUT2D eigenvalue weighted by Crippen LogP contribution is -2.37. The molecule has 1 atom stereocenters. The zero-order valence-corrected chi connectivity index (χ0v) is 12.7. The van der Waals surface area contributed by atoms with Gasteiger partial charge < -0.3 is 15.2 Å². The highest BCUT2D eigenvalue weighted by Gasteiger charge is 2.24. The second-order valence-corrected chi connectivity index (χ2v) is 5.58. The number of hydrogen-bond acceptors (Lipinski definition) is 3. The molecular weight excluding hydrogens is 266 g/mol. The summed E-state index contributed by atoms with van der Waals surface area (Å²) in [6, 6.07) is 7.58. The van der Waals surface area contributed by atoms with Crippen LogP contribution in [0.1, 0.15) is 50.2 Å². The summed E-state index contributed by atoms with van der Waals surface area (Å²) in [4.78, 5) is 12.2. The maximum atomic E-state index is 12.2. The van der Waals surface area contributed by atoms with Crippen molar-refractivity contribution in [2.45, 2.75) is 64.4 Å². The van der Waals surface area contributed by atoms with Crippen LogP contribution in [-0.2, 0) is 22.7 Å². The van der Waals surface area contributed by atoms with E-state index in [1.165, 1.54) is 12.8 Å². The zero-order valence-electron chi connectivity index (χ0n) is 12.7. The number of nitrogens with one attached hydrogen (secondary N) is 1. The highest BCUT2D eigenvalue weighted by Crippen LogP contribution is 2.23. The van der Waals surface area contributed by atoms with Crippen LogP contribution in [0.5, 0.6) is 0 Å². The molecule has 1 aromatic rings. The van der Waals surface area contributed by atoms with Gasteiger partial charge in [-0.1, -0.05) is 44.0 Å². The van der Waals surface area contributed by atoms with E-state index in [4.69, 9.17) is 4.74 Å². The van der Waals surface area contributed by atoms with Gasteiger partial charge in [0.2, 0.25) is 5.91 Å². The molecule has 1 amide bonds. The molecule has 21 heavy (non-hydrogen) atoms. The maximum Gasteiger partial charge on any atom is 0.249 e. The fourth-order valence-electron chi connectivity index (χ4n) is 2.78. The molecule has 1 aliphatic carbocycles. The lowest BCUT2D eigenvalue weighted by Gasteiger charge is -2.20. The van der Waals surface area contributed by atoms with Crippen molar-refractivity contribution in [2.75, 3.05) is 0 Å². The lowest BCUT2D eigenvalue weighted by molar-refractivity contribution is -0.137. The van der Waals surface area contributed by atoms with Gasteiger partial charge in [-0.05, 0) is 30.4 Å². The van der Waals surface area contributed by atoms with Gasteiger partial charge in [0, 0.05) is 6.54 Å². The molecule has 2 rings (SSSR count). The lowest BCUT2D eigenvalue weighted by atomic mass is 10.1.